The van der Waals surface area contributed by atoms with Gasteiger partial charge in [-0.15, -0.1) is 0 Å². The van der Waals surface area contributed by atoms with E-state index in [4.69, 9.17) is 5.11 Å². The first-order valence-corrected chi connectivity index (χ1v) is 3.50. The smallest absolute Gasteiger partial charge is 0.329 e. The maximum absolute atomic E-state index is 10.3. The molecule has 0 radical (unpaired) electrons. The summed E-state index contributed by atoms with van der Waals surface area (Å²) in [5.41, 5.74) is 0. The molecule has 68 valence electrons. The average Bonchev–Trinajstić information content (AvgIpc) is 1.95. The number of aliphatic carboxylic acids is 1. The highest BCUT2D eigenvalue weighted by molar-refractivity contribution is 5.79. The van der Waals surface area contributed by atoms with E-state index in [-0.39, 0.29) is 5.91 Å². The zero-order valence-electron chi connectivity index (χ0n) is 6.83. The summed E-state index contributed by atoms with van der Waals surface area (Å²) in [4.78, 5) is 20.3. The third-order valence-electron chi connectivity index (χ3n) is 0.987. The Morgan fingerprint density at radius 3 is 2.58 bits per heavy atom. The van der Waals surface area contributed by atoms with Crippen molar-refractivity contribution in [1.29, 1.82) is 0 Å². The molecular weight excluding hydrogens is 160 g/mol. The van der Waals surface area contributed by atoms with Crippen molar-refractivity contribution in [2.24, 2.45) is 0 Å². The molecule has 0 bridgehead atoms. The van der Waals surface area contributed by atoms with Gasteiger partial charge in [-0.25, -0.2) is 4.79 Å². The molecule has 0 aliphatic heterocycles. The van der Waals surface area contributed by atoms with E-state index in [2.05, 4.69) is 10.6 Å². The summed E-state index contributed by atoms with van der Waals surface area (Å²) in [6.07, 6.45) is 2.32. The van der Waals surface area contributed by atoms with E-state index in [1.165, 1.54) is 13.1 Å². The molecule has 12 heavy (non-hydrogen) atoms. The Morgan fingerprint density at radius 1 is 1.42 bits per heavy atom. The van der Waals surface area contributed by atoms with Crippen LogP contribution in [0.4, 0.5) is 0 Å². The lowest BCUT2D eigenvalue weighted by molar-refractivity contribution is -0.131. The van der Waals surface area contributed by atoms with Crippen LogP contribution >= 0.6 is 0 Å². The van der Waals surface area contributed by atoms with Crippen LogP contribution in [0.2, 0.25) is 0 Å². The molecular formula is C7H12N2O3. The number of rotatable bonds is 5. The van der Waals surface area contributed by atoms with E-state index in [0.29, 0.717) is 13.1 Å². The van der Waals surface area contributed by atoms with E-state index in [1.807, 2.05) is 0 Å². The van der Waals surface area contributed by atoms with Crippen LogP contribution in [0.3, 0.4) is 0 Å². The Bertz CT molecular complexity index is 189. The van der Waals surface area contributed by atoms with Gasteiger partial charge in [0.25, 0.3) is 0 Å². The van der Waals surface area contributed by atoms with Crippen molar-refractivity contribution in [3.63, 3.8) is 0 Å². The summed E-state index contributed by atoms with van der Waals surface area (Å²) in [7, 11) is 0. The Kier molecular flexibility index (Phi) is 5.42. The van der Waals surface area contributed by atoms with Crippen molar-refractivity contribution < 1.29 is 14.7 Å². The van der Waals surface area contributed by atoms with Crippen LogP contribution < -0.4 is 10.6 Å². The van der Waals surface area contributed by atoms with Crippen LogP contribution in [-0.2, 0) is 9.59 Å². The minimum Gasteiger partial charge on any atom is -0.478 e. The fourth-order valence-electron chi connectivity index (χ4n) is 0.524. The molecule has 0 aliphatic carbocycles. The SMILES string of the molecule is CC(=O)NCCN/C=C/C(=O)O. The molecule has 1 amide bonds. The molecule has 5 heteroatoms. The summed E-state index contributed by atoms with van der Waals surface area (Å²) in [6.45, 7) is 2.43. The Morgan fingerprint density at radius 2 is 2.08 bits per heavy atom. The van der Waals surface area contributed by atoms with Crippen molar-refractivity contribution >= 4 is 11.9 Å². The van der Waals surface area contributed by atoms with E-state index in [0.717, 1.165) is 6.08 Å². The lowest BCUT2D eigenvalue weighted by Gasteiger charge is -2.00. The van der Waals surface area contributed by atoms with E-state index >= 15 is 0 Å². The van der Waals surface area contributed by atoms with Crippen LogP contribution in [-0.4, -0.2) is 30.1 Å². The molecule has 0 rings (SSSR count). The second-order valence-corrected chi connectivity index (χ2v) is 2.11. The Labute approximate surface area is 70.5 Å². The van der Waals surface area contributed by atoms with Crippen molar-refractivity contribution in [3.8, 4) is 0 Å². The van der Waals surface area contributed by atoms with Crippen LogP contribution in [0.25, 0.3) is 0 Å². The number of carboxylic acid groups (broad SMARTS) is 1. The van der Waals surface area contributed by atoms with Gasteiger partial charge < -0.3 is 15.7 Å². The summed E-state index contributed by atoms with van der Waals surface area (Å²) < 4.78 is 0. The van der Waals surface area contributed by atoms with Gasteiger partial charge in [0.05, 0.1) is 0 Å². The normalized spacial score (nSPS) is 9.75. The number of carbonyl (C=O) groups excluding carboxylic acids is 1. The number of carboxylic acids is 1. The van der Waals surface area contributed by atoms with E-state index in [1.54, 1.807) is 0 Å². The van der Waals surface area contributed by atoms with Gasteiger partial charge >= 0.3 is 5.97 Å². The van der Waals surface area contributed by atoms with Gasteiger partial charge in [0, 0.05) is 32.3 Å². The molecule has 0 saturated carbocycles. The second-order valence-electron chi connectivity index (χ2n) is 2.11. The third-order valence-corrected chi connectivity index (χ3v) is 0.987. The Hall–Kier alpha value is -1.52. The zero-order chi connectivity index (χ0) is 9.40. The average molecular weight is 172 g/mol. The highest BCUT2D eigenvalue weighted by Crippen LogP contribution is 1.67. The molecule has 0 aromatic rings. The number of hydrogen-bond acceptors (Lipinski definition) is 3. The van der Waals surface area contributed by atoms with Crippen LogP contribution in [0.15, 0.2) is 12.3 Å². The Balaban J connectivity index is 3.21. The molecule has 0 aliphatic rings. The third kappa shape index (κ3) is 8.48. The number of amides is 1. The first-order valence-electron chi connectivity index (χ1n) is 3.50. The van der Waals surface area contributed by atoms with Gasteiger partial charge in [-0.2, -0.15) is 0 Å². The first kappa shape index (κ1) is 10.5. The number of hydrogen-bond donors (Lipinski definition) is 3. The highest BCUT2D eigenvalue weighted by Gasteiger charge is 1.87. The van der Waals surface area contributed by atoms with Gasteiger partial charge in [0.15, 0.2) is 0 Å². The predicted octanol–water partition coefficient (Wildman–Crippen LogP) is -0.690. The minimum absolute atomic E-state index is 0.0981. The van der Waals surface area contributed by atoms with Gasteiger partial charge in [0.1, 0.15) is 0 Å². The van der Waals surface area contributed by atoms with Gasteiger partial charge in [-0.3, -0.25) is 4.79 Å². The molecule has 0 fully saturated rings. The van der Waals surface area contributed by atoms with Gasteiger partial charge in [-0.05, 0) is 0 Å². The summed E-state index contributed by atoms with van der Waals surface area (Å²) >= 11 is 0. The molecule has 0 atom stereocenters. The maximum Gasteiger partial charge on any atom is 0.329 e. The summed E-state index contributed by atoms with van der Waals surface area (Å²) in [5.74, 6) is -1.10. The monoisotopic (exact) mass is 172 g/mol. The molecule has 0 heterocycles. The highest BCUT2D eigenvalue weighted by atomic mass is 16.4. The number of nitrogens with one attached hydrogen (secondary N) is 2. The molecule has 0 unspecified atom stereocenters. The fraction of sp³-hybridized carbons (Fsp3) is 0.429. The number of carbonyl (C=O) groups is 2. The van der Waals surface area contributed by atoms with Crippen LogP contribution in [0.5, 0.6) is 0 Å². The van der Waals surface area contributed by atoms with Gasteiger partial charge in [0.2, 0.25) is 5.91 Å². The zero-order valence-corrected chi connectivity index (χ0v) is 6.83. The van der Waals surface area contributed by atoms with Crippen molar-refractivity contribution in [2.75, 3.05) is 13.1 Å². The summed E-state index contributed by atoms with van der Waals surface area (Å²) in [6, 6.07) is 0. The largest absolute Gasteiger partial charge is 0.478 e. The van der Waals surface area contributed by atoms with E-state index in [9.17, 15) is 9.59 Å². The standard InChI is InChI=1S/C7H12N2O3/c1-6(10)9-5-4-8-3-2-7(11)12/h2-3,8H,4-5H2,1H3,(H,9,10)(H,11,12)/b3-2+. The molecule has 0 saturated heterocycles. The topological polar surface area (TPSA) is 78.4 Å². The molecule has 0 spiro atoms. The lowest BCUT2D eigenvalue weighted by Crippen LogP contribution is -2.28. The predicted molar refractivity (Wildman–Crippen MR) is 43.5 cm³/mol. The van der Waals surface area contributed by atoms with E-state index < -0.39 is 5.97 Å². The van der Waals surface area contributed by atoms with Crippen molar-refractivity contribution in [1.82, 2.24) is 10.6 Å². The molecule has 5 nitrogen and oxygen atoms in total. The quantitative estimate of drug-likeness (QED) is 0.379. The lowest BCUT2D eigenvalue weighted by atomic mass is 10.5. The first-order chi connectivity index (χ1) is 5.63. The van der Waals surface area contributed by atoms with Crippen LogP contribution in [0.1, 0.15) is 6.92 Å². The van der Waals surface area contributed by atoms with Crippen molar-refractivity contribution in [3.05, 3.63) is 12.3 Å². The minimum atomic E-state index is -0.998. The van der Waals surface area contributed by atoms with Crippen LogP contribution in [0, 0.1) is 0 Å². The maximum atomic E-state index is 10.3. The van der Waals surface area contributed by atoms with Gasteiger partial charge in [-0.1, -0.05) is 0 Å². The van der Waals surface area contributed by atoms with Crippen molar-refractivity contribution in [2.45, 2.75) is 6.92 Å². The molecule has 0 aromatic carbocycles. The second kappa shape index (κ2) is 6.21. The fourth-order valence-corrected chi connectivity index (χ4v) is 0.524. The molecule has 0 aromatic heterocycles. The summed E-state index contributed by atoms with van der Waals surface area (Å²) in [5, 5.41) is 13.4. The molecule has 3 N–H and O–H groups in total.